The summed E-state index contributed by atoms with van der Waals surface area (Å²) in [6.45, 7) is 27.1. The molecule has 11 atom stereocenters. The van der Waals surface area contributed by atoms with Gasteiger partial charge in [-0.15, -0.1) is 0 Å². The average Bonchev–Trinajstić information content (AvgIpc) is 3.45. The SMILES string of the molecule is Cc1ccc(C(=O)NC(C)(C)CNC[C@H](O)[C@@]23CC[C@]4(C)[C@H](CC[C@@H]5[C@@]6(C)CC[C@H](OC(=O)[C@H]7C[C@@H](C(=O)O)C7(C)C)C(C)(C)[C@@H]6CC[C@]54C)C2=C(C(C)C)C(=O)C3)cc1. The smallest absolute Gasteiger partial charge is 0.309 e. The Morgan fingerprint density at radius 3 is 2.13 bits per heavy atom. The number of aliphatic carboxylic acids is 1. The Morgan fingerprint density at radius 2 is 1.52 bits per heavy atom. The molecule has 60 heavy (non-hydrogen) atoms. The first-order valence-electron chi connectivity index (χ1n) is 23.3. The van der Waals surface area contributed by atoms with Crippen LogP contribution in [0.15, 0.2) is 35.4 Å². The summed E-state index contributed by atoms with van der Waals surface area (Å²) in [6.07, 6.45) is 7.48. The number of carbonyl (C=O) groups is 4. The maximum atomic E-state index is 14.2. The van der Waals surface area contributed by atoms with Crippen molar-refractivity contribution in [2.75, 3.05) is 13.1 Å². The van der Waals surface area contributed by atoms with Crippen LogP contribution in [-0.2, 0) is 19.1 Å². The molecular formula is C51H76N2O7. The van der Waals surface area contributed by atoms with Crippen LogP contribution < -0.4 is 10.6 Å². The fourth-order valence-electron chi connectivity index (χ4n) is 15.1. The number of hydrogen-bond donors (Lipinski definition) is 4. The number of carboxylic acids is 1. The molecule has 1 aromatic carbocycles. The van der Waals surface area contributed by atoms with Gasteiger partial charge in [0.05, 0.1) is 17.9 Å². The first-order chi connectivity index (χ1) is 27.8. The Bertz CT molecular complexity index is 1930. The number of aliphatic hydroxyl groups excluding tert-OH is 1. The van der Waals surface area contributed by atoms with E-state index in [2.05, 4.69) is 59.1 Å². The van der Waals surface area contributed by atoms with Crippen molar-refractivity contribution in [1.82, 2.24) is 10.6 Å². The minimum Gasteiger partial charge on any atom is -0.481 e. The minimum atomic E-state index is -0.836. The number of nitrogens with one attached hydrogen (secondary N) is 2. The van der Waals surface area contributed by atoms with Gasteiger partial charge >= 0.3 is 11.9 Å². The first kappa shape index (κ1) is 45.0. The minimum absolute atomic E-state index is 0.0261. The van der Waals surface area contributed by atoms with Gasteiger partial charge in [0.15, 0.2) is 5.78 Å². The third-order valence-electron chi connectivity index (χ3n) is 18.8. The van der Waals surface area contributed by atoms with Crippen molar-refractivity contribution in [2.24, 2.45) is 68.0 Å². The summed E-state index contributed by atoms with van der Waals surface area (Å²) < 4.78 is 6.43. The highest BCUT2D eigenvalue weighted by Crippen LogP contribution is 2.77. The number of aryl methyl sites for hydroxylation is 1. The second kappa shape index (κ2) is 15.1. The van der Waals surface area contributed by atoms with Crippen LogP contribution in [0, 0.1) is 74.9 Å². The topological polar surface area (TPSA) is 142 Å². The van der Waals surface area contributed by atoms with E-state index < -0.39 is 40.3 Å². The van der Waals surface area contributed by atoms with E-state index in [0.717, 1.165) is 62.5 Å². The standard InChI is InChI=1S/C51H76N2O7/c1-29(2)40-35(54)26-51(38(55)27-52-28-45(4,5)53-42(56)31-15-13-30(3)14-16-31)24-23-49(11)32(41(40)51)17-18-37-48(10)21-20-39(47(8,9)36(48)19-22-50(37,49)12)60-44(59)34-25-33(43(57)58)46(34,6)7/h13-16,29,32-34,36-39,52,55H,17-28H2,1-12H3,(H,53,56)(H,57,58)/t32-,33+,34-,36+,37-,38+,39+,48+,49-,50-,51+/m1/s1. The van der Waals surface area contributed by atoms with Gasteiger partial charge in [0.25, 0.3) is 5.91 Å². The summed E-state index contributed by atoms with van der Waals surface area (Å²) in [5.41, 5.74) is 1.96. The number of rotatable bonds is 11. The summed E-state index contributed by atoms with van der Waals surface area (Å²) in [5, 5.41) is 28.7. The highest BCUT2D eigenvalue weighted by atomic mass is 16.5. The number of carbonyl (C=O) groups excluding carboxylic acids is 3. The van der Waals surface area contributed by atoms with Crippen LogP contribution in [0.25, 0.3) is 0 Å². The normalized spacial score (nSPS) is 38.5. The van der Waals surface area contributed by atoms with Gasteiger partial charge < -0.3 is 25.6 Å². The lowest BCUT2D eigenvalue weighted by atomic mass is 9.33. The summed E-state index contributed by atoms with van der Waals surface area (Å²) in [7, 11) is 0. The molecule has 1 aromatic rings. The van der Waals surface area contributed by atoms with Gasteiger partial charge in [-0.2, -0.15) is 0 Å². The van der Waals surface area contributed by atoms with Crippen LogP contribution in [0.2, 0.25) is 0 Å². The molecule has 332 valence electrons. The zero-order valence-corrected chi connectivity index (χ0v) is 38.8. The van der Waals surface area contributed by atoms with E-state index in [4.69, 9.17) is 4.74 Å². The largest absolute Gasteiger partial charge is 0.481 e. The Balaban J connectivity index is 1.08. The fraction of sp³-hybridized carbons (Fsp3) is 0.765. The molecule has 0 aliphatic heterocycles. The Labute approximate surface area is 360 Å². The number of ketones is 1. The van der Waals surface area contributed by atoms with Crippen LogP contribution in [0.1, 0.15) is 156 Å². The maximum Gasteiger partial charge on any atom is 0.309 e. The van der Waals surface area contributed by atoms with Crippen molar-refractivity contribution < 1.29 is 34.1 Å². The van der Waals surface area contributed by atoms with Crippen LogP contribution in [0.5, 0.6) is 0 Å². The van der Waals surface area contributed by atoms with Gasteiger partial charge in [-0.1, -0.05) is 85.6 Å². The highest BCUT2D eigenvalue weighted by molar-refractivity contribution is 6.01. The molecule has 0 unspecified atom stereocenters. The Hall–Kier alpha value is -3.04. The maximum absolute atomic E-state index is 14.2. The predicted molar refractivity (Wildman–Crippen MR) is 234 cm³/mol. The molecule has 9 heteroatoms. The summed E-state index contributed by atoms with van der Waals surface area (Å²) in [5.74, 6) is -0.775. The number of hydrogen-bond acceptors (Lipinski definition) is 7. The molecule has 6 aliphatic rings. The van der Waals surface area contributed by atoms with Crippen LogP contribution >= 0.6 is 0 Å². The number of allylic oxidation sites excluding steroid dienone is 1. The number of carboxylic acid groups (broad SMARTS) is 1. The van der Waals surface area contributed by atoms with Crippen molar-refractivity contribution >= 4 is 23.6 Å². The van der Waals surface area contributed by atoms with Gasteiger partial charge in [-0.05, 0) is 142 Å². The first-order valence-corrected chi connectivity index (χ1v) is 23.3. The van der Waals surface area contributed by atoms with Crippen molar-refractivity contribution in [3.63, 3.8) is 0 Å². The molecule has 5 fully saturated rings. The zero-order chi connectivity index (χ0) is 44.2. The molecular weight excluding hydrogens is 753 g/mol. The Morgan fingerprint density at radius 1 is 0.850 bits per heavy atom. The van der Waals surface area contributed by atoms with E-state index in [9.17, 15) is 29.4 Å². The molecule has 0 spiro atoms. The molecule has 9 nitrogen and oxygen atoms in total. The fourth-order valence-corrected chi connectivity index (χ4v) is 15.1. The lowest BCUT2D eigenvalue weighted by Gasteiger charge is -2.72. The molecule has 0 radical (unpaired) electrons. The van der Waals surface area contributed by atoms with Gasteiger partial charge in [0.1, 0.15) is 6.10 Å². The van der Waals surface area contributed by atoms with Crippen molar-refractivity contribution in [1.29, 1.82) is 0 Å². The second-order valence-corrected chi connectivity index (χ2v) is 23.5. The molecule has 0 saturated heterocycles. The quantitative estimate of drug-likeness (QED) is 0.162. The third-order valence-corrected chi connectivity index (χ3v) is 18.8. The van der Waals surface area contributed by atoms with Gasteiger partial charge in [-0.25, -0.2) is 0 Å². The van der Waals surface area contributed by atoms with E-state index in [0.29, 0.717) is 43.3 Å². The lowest BCUT2D eigenvalue weighted by Crippen LogP contribution is -2.66. The van der Waals surface area contributed by atoms with E-state index in [1.807, 2.05) is 58.9 Å². The van der Waals surface area contributed by atoms with Crippen LogP contribution in [-0.4, -0.2) is 64.7 Å². The molecule has 4 N–H and O–H groups in total. The summed E-state index contributed by atoms with van der Waals surface area (Å²) >= 11 is 0. The van der Waals surface area contributed by atoms with Crippen LogP contribution in [0.3, 0.4) is 0 Å². The van der Waals surface area contributed by atoms with Gasteiger partial charge in [0.2, 0.25) is 0 Å². The van der Waals surface area contributed by atoms with E-state index in [1.54, 1.807) is 0 Å². The van der Waals surface area contributed by atoms with Crippen molar-refractivity contribution in [3.8, 4) is 0 Å². The molecule has 5 saturated carbocycles. The molecule has 0 heterocycles. The molecule has 0 aromatic heterocycles. The molecule has 6 aliphatic carbocycles. The number of Topliss-reactive ketones (excluding diaryl/α,β-unsaturated/α-hetero) is 1. The molecule has 7 rings (SSSR count). The number of esters is 1. The summed E-state index contributed by atoms with van der Waals surface area (Å²) in [4.78, 5) is 52.8. The monoisotopic (exact) mass is 829 g/mol. The number of fused-ring (bicyclic) bond motifs is 7. The zero-order valence-electron chi connectivity index (χ0n) is 38.8. The number of ether oxygens (including phenoxy) is 1. The average molecular weight is 829 g/mol. The summed E-state index contributed by atoms with van der Waals surface area (Å²) in [6, 6.07) is 7.56. The highest BCUT2D eigenvalue weighted by Gasteiger charge is 2.71. The number of amides is 1. The van der Waals surface area contributed by atoms with Gasteiger partial charge in [0, 0.05) is 41.4 Å². The molecule has 0 bridgehead atoms. The van der Waals surface area contributed by atoms with E-state index >= 15 is 0 Å². The van der Waals surface area contributed by atoms with Crippen LogP contribution in [0.4, 0.5) is 0 Å². The second-order valence-electron chi connectivity index (χ2n) is 23.5. The third kappa shape index (κ3) is 6.84. The van der Waals surface area contributed by atoms with Gasteiger partial charge in [-0.3, -0.25) is 19.2 Å². The lowest BCUT2D eigenvalue weighted by molar-refractivity contribution is -0.238. The Kier molecular flexibility index (Phi) is 11.3. The van der Waals surface area contributed by atoms with E-state index in [-0.39, 0.29) is 57.3 Å². The molecule has 1 amide bonds. The number of aliphatic hydroxyl groups is 1. The van der Waals surface area contributed by atoms with Crippen molar-refractivity contribution in [2.45, 2.75) is 165 Å². The predicted octanol–water partition coefficient (Wildman–Crippen LogP) is 9.09. The van der Waals surface area contributed by atoms with Crippen molar-refractivity contribution in [3.05, 3.63) is 46.5 Å². The van der Waals surface area contributed by atoms with E-state index in [1.165, 1.54) is 5.57 Å². The number of benzene rings is 1.